The highest BCUT2D eigenvalue weighted by molar-refractivity contribution is 6.87. The fourth-order valence-corrected chi connectivity index (χ4v) is 2.76. The first kappa shape index (κ1) is 17.3. The van der Waals surface area contributed by atoms with Crippen LogP contribution in [0.25, 0.3) is 11.6 Å². The second-order valence-electron chi connectivity index (χ2n) is 7.46. The molecule has 0 aliphatic heterocycles. The first-order chi connectivity index (χ1) is 10.8. The second-order valence-corrected chi connectivity index (χ2v) is 12.5. The molecule has 0 unspecified atom stereocenters. The van der Waals surface area contributed by atoms with Gasteiger partial charge >= 0.3 is 0 Å². The third kappa shape index (κ3) is 4.71. The molecule has 2 aromatic rings. The van der Waals surface area contributed by atoms with Crippen molar-refractivity contribution in [3.8, 4) is 11.5 Å². The predicted molar refractivity (Wildman–Crippen MR) is 106 cm³/mol. The summed E-state index contributed by atoms with van der Waals surface area (Å²) < 4.78 is 0. The molecule has 2 rings (SSSR count). The van der Waals surface area contributed by atoms with Gasteiger partial charge in [0.15, 0.2) is 0 Å². The van der Waals surface area contributed by atoms with Crippen LogP contribution in [0.5, 0.6) is 0 Å². The molecule has 0 heterocycles. The molecule has 0 amide bonds. The van der Waals surface area contributed by atoms with Crippen LogP contribution in [0.2, 0.25) is 18.1 Å². The van der Waals surface area contributed by atoms with E-state index >= 15 is 0 Å². The molecule has 118 valence electrons. The Kier molecular flexibility index (Phi) is 5.29. The molecule has 1 heteroatoms. The standard InChI is InChI=1S/C22H26Si/c1-22(2,3)23(4,5)17-16-21(20-14-10-7-11-15-20)18-19-12-8-6-9-13-19/h6-15,18H,1-5H3/b21-18-. The highest BCUT2D eigenvalue weighted by atomic mass is 28.3. The van der Waals surface area contributed by atoms with Gasteiger partial charge in [0.1, 0.15) is 8.07 Å². The molecule has 0 spiro atoms. The Labute approximate surface area is 142 Å². The Morgan fingerprint density at radius 2 is 1.39 bits per heavy atom. The molecule has 0 atom stereocenters. The fraction of sp³-hybridized carbons (Fsp3) is 0.273. The molecule has 0 aromatic heterocycles. The highest BCUT2D eigenvalue weighted by Crippen LogP contribution is 2.35. The number of benzene rings is 2. The van der Waals surface area contributed by atoms with E-state index in [9.17, 15) is 0 Å². The molecule has 0 bridgehead atoms. The van der Waals surface area contributed by atoms with Gasteiger partial charge in [-0.05, 0) is 22.2 Å². The second kappa shape index (κ2) is 7.02. The van der Waals surface area contributed by atoms with E-state index in [0.29, 0.717) is 0 Å². The van der Waals surface area contributed by atoms with Gasteiger partial charge in [0, 0.05) is 5.57 Å². The van der Waals surface area contributed by atoms with E-state index in [2.05, 4.69) is 99.9 Å². The molecule has 0 aliphatic carbocycles. The van der Waals surface area contributed by atoms with Crippen LogP contribution < -0.4 is 0 Å². The first-order valence-corrected chi connectivity index (χ1v) is 11.1. The van der Waals surface area contributed by atoms with E-state index in [1.54, 1.807) is 0 Å². The molecule has 2 aromatic carbocycles. The Morgan fingerprint density at radius 1 is 0.870 bits per heavy atom. The third-order valence-electron chi connectivity index (χ3n) is 4.58. The SMILES string of the molecule is CC(C)(C)[Si](C)(C)C#C/C(=C/c1ccccc1)c1ccccc1. The average Bonchev–Trinajstić information content (AvgIpc) is 2.52. The molecular formula is C22H26Si. The molecule has 0 N–H and O–H groups in total. The van der Waals surface area contributed by atoms with Crippen LogP contribution >= 0.6 is 0 Å². The van der Waals surface area contributed by atoms with Gasteiger partial charge in [-0.2, -0.15) is 0 Å². The van der Waals surface area contributed by atoms with E-state index in [1.165, 1.54) is 11.1 Å². The summed E-state index contributed by atoms with van der Waals surface area (Å²) in [5, 5.41) is 0.272. The maximum absolute atomic E-state index is 3.64. The van der Waals surface area contributed by atoms with Gasteiger partial charge in [-0.25, -0.2) is 0 Å². The molecule has 0 fully saturated rings. The van der Waals surface area contributed by atoms with Crippen LogP contribution in [-0.4, -0.2) is 8.07 Å². The summed E-state index contributed by atoms with van der Waals surface area (Å²) in [5.41, 5.74) is 7.11. The lowest BCUT2D eigenvalue weighted by Gasteiger charge is -2.31. The third-order valence-corrected chi connectivity index (χ3v) is 9.08. The molecule has 0 saturated heterocycles. The quantitative estimate of drug-likeness (QED) is 0.347. The van der Waals surface area contributed by atoms with E-state index < -0.39 is 8.07 Å². The molecule has 0 saturated carbocycles. The summed E-state index contributed by atoms with van der Waals surface area (Å²) in [6, 6.07) is 20.9. The molecule has 23 heavy (non-hydrogen) atoms. The van der Waals surface area contributed by atoms with Gasteiger partial charge < -0.3 is 0 Å². The monoisotopic (exact) mass is 318 g/mol. The maximum Gasteiger partial charge on any atom is 0.138 e. The lowest BCUT2D eigenvalue weighted by molar-refractivity contribution is 0.731. The van der Waals surface area contributed by atoms with Crippen molar-refractivity contribution in [3.63, 3.8) is 0 Å². The summed E-state index contributed by atoms with van der Waals surface area (Å²) in [5.74, 6) is 3.50. The van der Waals surface area contributed by atoms with Gasteiger partial charge in [0.25, 0.3) is 0 Å². The number of hydrogen-bond acceptors (Lipinski definition) is 0. The minimum atomic E-state index is -1.62. The van der Waals surface area contributed by atoms with Crippen molar-refractivity contribution >= 4 is 19.7 Å². The smallest absolute Gasteiger partial charge is 0.126 e. The predicted octanol–water partition coefficient (Wildman–Crippen LogP) is 6.28. The van der Waals surface area contributed by atoms with Gasteiger partial charge in [0.2, 0.25) is 0 Å². The zero-order valence-corrected chi connectivity index (χ0v) is 15.9. The highest BCUT2D eigenvalue weighted by Gasteiger charge is 2.33. The van der Waals surface area contributed by atoms with E-state index in [-0.39, 0.29) is 5.04 Å². The molecule has 0 nitrogen and oxygen atoms in total. The van der Waals surface area contributed by atoms with Crippen molar-refractivity contribution in [1.29, 1.82) is 0 Å². The largest absolute Gasteiger partial charge is 0.138 e. The zero-order chi connectivity index (χ0) is 16.9. The Bertz CT molecular complexity index is 720. The van der Waals surface area contributed by atoms with Gasteiger partial charge in [0.05, 0.1) is 0 Å². The van der Waals surface area contributed by atoms with Crippen LogP contribution in [0.4, 0.5) is 0 Å². The number of allylic oxidation sites excluding steroid dienone is 1. The van der Waals surface area contributed by atoms with Crippen molar-refractivity contribution in [2.75, 3.05) is 0 Å². The average molecular weight is 319 g/mol. The first-order valence-electron chi connectivity index (χ1n) is 8.15. The summed E-state index contributed by atoms with van der Waals surface area (Å²) in [7, 11) is -1.62. The van der Waals surface area contributed by atoms with Crippen molar-refractivity contribution in [2.24, 2.45) is 0 Å². The number of rotatable bonds is 2. The lowest BCUT2D eigenvalue weighted by atomic mass is 10.0. The molecule has 0 aliphatic rings. The van der Waals surface area contributed by atoms with Crippen molar-refractivity contribution in [2.45, 2.75) is 38.9 Å². The van der Waals surface area contributed by atoms with Crippen molar-refractivity contribution in [1.82, 2.24) is 0 Å². The van der Waals surface area contributed by atoms with E-state index in [0.717, 1.165) is 5.57 Å². The topological polar surface area (TPSA) is 0 Å². The van der Waals surface area contributed by atoms with Gasteiger partial charge in [-0.15, -0.1) is 5.54 Å². The Hall–Kier alpha value is -2.04. The summed E-state index contributed by atoms with van der Waals surface area (Å²) in [6.07, 6.45) is 2.19. The lowest BCUT2D eigenvalue weighted by Crippen LogP contribution is -2.35. The van der Waals surface area contributed by atoms with Crippen LogP contribution in [0.15, 0.2) is 60.7 Å². The fourth-order valence-electron chi connectivity index (χ4n) is 1.94. The molecular weight excluding hydrogens is 292 g/mol. The minimum absolute atomic E-state index is 0.272. The summed E-state index contributed by atoms with van der Waals surface area (Å²) >= 11 is 0. The van der Waals surface area contributed by atoms with Crippen LogP contribution in [0.3, 0.4) is 0 Å². The number of hydrogen-bond donors (Lipinski definition) is 0. The summed E-state index contributed by atoms with van der Waals surface area (Å²) in [6.45, 7) is 11.6. The Morgan fingerprint density at radius 3 is 1.91 bits per heavy atom. The van der Waals surface area contributed by atoms with E-state index in [1.807, 2.05) is 12.1 Å². The van der Waals surface area contributed by atoms with E-state index in [4.69, 9.17) is 0 Å². The van der Waals surface area contributed by atoms with Crippen LogP contribution in [0, 0.1) is 11.5 Å². The normalized spacial score (nSPS) is 12.5. The van der Waals surface area contributed by atoms with Crippen molar-refractivity contribution < 1.29 is 0 Å². The maximum atomic E-state index is 3.64. The zero-order valence-electron chi connectivity index (χ0n) is 14.9. The van der Waals surface area contributed by atoms with Gasteiger partial charge in [-0.1, -0.05) is 100 Å². The van der Waals surface area contributed by atoms with Crippen LogP contribution in [0.1, 0.15) is 31.9 Å². The molecule has 0 radical (unpaired) electrons. The Balaban J connectivity index is 2.47. The van der Waals surface area contributed by atoms with Gasteiger partial charge in [-0.3, -0.25) is 0 Å². The minimum Gasteiger partial charge on any atom is -0.126 e. The van der Waals surface area contributed by atoms with Crippen molar-refractivity contribution in [3.05, 3.63) is 71.8 Å². The summed E-state index contributed by atoms with van der Waals surface area (Å²) in [4.78, 5) is 0. The van der Waals surface area contributed by atoms with Crippen LogP contribution in [-0.2, 0) is 0 Å².